The summed E-state index contributed by atoms with van der Waals surface area (Å²) in [5.41, 5.74) is 2.04. The van der Waals surface area contributed by atoms with Crippen molar-refractivity contribution in [3.63, 3.8) is 0 Å². The maximum Gasteiger partial charge on any atom is 0.286 e. The van der Waals surface area contributed by atoms with Crippen LogP contribution in [0.4, 0.5) is 5.69 Å². The zero-order valence-electron chi connectivity index (χ0n) is 20.1. The van der Waals surface area contributed by atoms with Crippen molar-refractivity contribution in [1.82, 2.24) is 10.2 Å². The number of ether oxygens (including phenoxy) is 1. The molecule has 2 aromatic carbocycles. The van der Waals surface area contributed by atoms with Gasteiger partial charge in [0.15, 0.2) is 0 Å². The quantitative estimate of drug-likeness (QED) is 0.655. The second-order valence-electron chi connectivity index (χ2n) is 9.37. The number of likely N-dealkylation sites (tertiary alicyclic amines) is 1. The Bertz CT molecular complexity index is 1240. The van der Waals surface area contributed by atoms with E-state index in [9.17, 15) is 13.2 Å². The number of hydrogen-bond acceptors (Lipinski definition) is 6. The Morgan fingerprint density at radius 1 is 1.06 bits per heavy atom. The lowest BCUT2D eigenvalue weighted by atomic mass is 10.0. The third-order valence-corrected chi connectivity index (χ3v) is 8.46. The molecule has 2 aromatic rings. The molecule has 1 N–H and O–H groups in total. The smallest absolute Gasteiger partial charge is 0.286 e. The summed E-state index contributed by atoms with van der Waals surface area (Å²) in [6.45, 7) is 3.12. The zero-order chi connectivity index (χ0) is 24.4. The van der Waals surface area contributed by atoms with E-state index in [2.05, 4.69) is 20.7 Å². The molecular weight excluding hydrogens is 464 g/mol. The second kappa shape index (κ2) is 9.99. The van der Waals surface area contributed by atoms with Gasteiger partial charge in [-0.05, 0) is 74.7 Å². The molecule has 3 aliphatic rings. The number of benzene rings is 2. The number of fused-ring (bicyclic) bond motifs is 3. The van der Waals surface area contributed by atoms with E-state index >= 15 is 0 Å². The minimum Gasteiger partial charge on any atom is -0.497 e. The summed E-state index contributed by atoms with van der Waals surface area (Å²) in [5.74, 6) is 1.10. The first kappa shape index (κ1) is 23.8. The van der Waals surface area contributed by atoms with Crippen molar-refractivity contribution in [3.8, 4) is 5.75 Å². The highest BCUT2D eigenvalue weighted by Gasteiger charge is 2.32. The van der Waals surface area contributed by atoms with E-state index in [1.165, 1.54) is 6.07 Å². The Morgan fingerprint density at radius 3 is 2.66 bits per heavy atom. The number of sulfonamides is 1. The molecule has 0 saturated carbocycles. The lowest BCUT2D eigenvalue weighted by Gasteiger charge is -2.30. The first-order valence-electron chi connectivity index (χ1n) is 12.4. The number of rotatable bonds is 6. The molecular formula is C26H32N4O4S. The number of nitrogens with zero attached hydrogens (tertiary/aromatic N) is 3. The van der Waals surface area contributed by atoms with Crippen LogP contribution in [-0.4, -0.2) is 58.3 Å². The molecule has 2 fully saturated rings. The van der Waals surface area contributed by atoms with Gasteiger partial charge in [-0.3, -0.25) is 9.69 Å². The molecule has 0 bridgehead atoms. The Kier molecular flexibility index (Phi) is 6.80. The highest BCUT2D eigenvalue weighted by atomic mass is 32.2. The number of anilines is 1. The van der Waals surface area contributed by atoms with Gasteiger partial charge in [-0.25, -0.2) is 0 Å². The number of amidine groups is 1. The van der Waals surface area contributed by atoms with Crippen molar-refractivity contribution in [1.29, 1.82) is 0 Å². The van der Waals surface area contributed by atoms with E-state index in [0.29, 0.717) is 30.1 Å². The van der Waals surface area contributed by atoms with Crippen molar-refractivity contribution < 1.29 is 17.9 Å². The molecule has 9 heteroatoms. The Balaban J connectivity index is 1.37. The maximum atomic E-state index is 13.2. The molecule has 186 valence electrons. The van der Waals surface area contributed by atoms with Crippen molar-refractivity contribution >= 4 is 27.5 Å². The molecule has 3 aliphatic heterocycles. The van der Waals surface area contributed by atoms with Crippen molar-refractivity contribution in [2.45, 2.75) is 49.5 Å². The maximum absolute atomic E-state index is 13.2. The van der Waals surface area contributed by atoms with Gasteiger partial charge < -0.3 is 15.0 Å². The van der Waals surface area contributed by atoms with E-state index in [1.54, 1.807) is 19.2 Å². The summed E-state index contributed by atoms with van der Waals surface area (Å²) in [6.07, 6.45) is 5.90. The fourth-order valence-corrected chi connectivity index (χ4v) is 6.56. The Morgan fingerprint density at radius 2 is 1.86 bits per heavy atom. The third kappa shape index (κ3) is 4.92. The molecule has 35 heavy (non-hydrogen) atoms. The summed E-state index contributed by atoms with van der Waals surface area (Å²) < 4.78 is 35.4. The van der Waals surface area contributed by atoms with Crippen LogP contribution in [0.5, 0.6) is 5.75 Å². The van der Waals surface area contributed by atoms with Gasteiger partial charge in [-0.2, -0.15) is 8.42 Å². The first-order valence-corrected chi connectivity index (χ1v) is 13.8. The fourth-order valence-electron chi connectivity index (χ4n) is 5.27. The van der Waals surface area contributed by atoms with Gasteiger partial charge in [-0.15, -0.1) is 4.40 Å². The molecule has 1 amide bonds. The summed E-state index contributed by atoms with van der Waals surface area (Å²) in [4.78, 5) is 17.6. The lowest BCUT2D eigenvalue weighted by Crippen LogP contribution is -2.37. The molecule has 0 unspecified atom stereocenters. The van der Waals surface area contributed by atoms with Gasteiger partial charge >= 0.3 is 0 Å². The van der Waals surface area contributed by atoms with Crippen molar-refractivity contribution in [3.05, 3.63) is 53.6 Å². The second-order valence-corrected chi connectivity index (χ2v) is 10.9. The number of methoxy groups -OCH3 is 1. The van der Waals surface area contributed by atoms with Gasteiger partial charge in [0.05, 0.1) is 18.8 Å². The number of nitrogens with one attached hydrogen (secondary N) is 1. The van der Waals surface area contributed by atoms with Crippen LogP contribution in [0.3, 0.4) is 0 Å². The predicted molar refractivity (Wildman–Crippen MR) is 136 cm³/mol. The first-order chi connectivity index (χ1) is 17.0. The van der Waals surface area contributed by atoms with Crippen LogP contribution < -0.4 is 15.0 Å². The van der Waals surface area contributed by atoms with E-state index in [1.807, 2.05) is 23.1 Å². The minimum absolute atomic E-state index is 0.0159. The number of carbonyl (C=O) groups excluding carboxylic acids is 1. The molecule has 3 heterocycles. The van der Waals surface area contributed by atoms with Gasteiger partial charge in [0.2, 0.25) is 0 Å². The van der Waals surface area contributed by atoms with E-state index in [4.69, 9.17) is 4.74 Å². The predicted octanol–water partition coefficient (Wildman–Crippen LogP) is 3.74. The molecule has 2 saturated heterocycles. The van der Waals surface area contributed by atoms with E-state index in [0.717, 1.165) is 63.1 Å². The minimum atomic E-state index is -3.84. The fraction of sp³-hybridized carbons (Fsp3) is 0.462. The van der Waals surface area contributed by atoms with Crippen molar-refractivity contribution in [2.75, 3.05) is 38.2 Å². The summed E-state index contributed by atoms with van der Waals surface area (Å²) >= 11 is 0. The summed E-state index contributed by atoms with van der Waals surface area (Å²) in [7, 11) is -2.19. The topological polar surface area (TPSA) is 91.3 Å². The molecule has 0 radical (unpaired) electrons. The van der Waals surface area contributed by atoms with Crippen LogP contribution in [0.25, 0.3) is 0 Å². The van der Waals surface area contributed by atoms with Gasteiger partial charge in [0.1, 0.15) is 16.5 Å². The summed E-state index contributed by atoms with van der Waals surface area (Å²) in [5, 5.41) is 3.05. The molecule has 0 spiro atoms. The van der Waals surface area contributed by atoms with Gasteiger partial charge in [-0.1, -0.05) is 18.6 Å². The third-order valence-electron chi connectivity index (χ3n) is 7.13. The van der Waals surface area contributed by atoms with Crippen LogP contribution in [0, 0.1) is 0 Å². The van der Waals surface area contributed by atoms with Gasteiger partial charge in [0.25, 0.3) is 15.9 Å². The van der Waals surface area contributed by atoms with Crippen LogP contribution in [0.2, 0.25) is 0 Å². The Labute approximate surface area is 207 Å². The molecule has 1 atom stereocenters. The van der Waals surface area contributed by atoms with E-state index in [-0.39, 0.29) is 16.8 Å². The Hall–Kier alpha value is -2.91. The summed E-state index contributed by atoms with van der Waals surface area (Å²) in [6, 6.07) is 12.9. The average Bonchev–Trinajstić information content (AvgIpc) is 3.29. The van der Waals surface area contributed by atoms with E-state index < -0.39 is 10.0 Å². The average molecular weight is 497 g/mol. The highest BCUT2D eigenvalue weighted by Crippen LogP contribution is 2.35. The molecule has 0 aromatic heterocycles. The van der Waals surface area contributed by atoms with Crippen molar-refractivity contribution in [2.24, 2.45) is 4.40 Å². The van der Waals surface area contributed by atoms with Crippen LogP contribution in [-0.2, 0) is 10.0 Å². The number of hydrogen-bond donors (Lipinski definition) is 1. The monoisotopic (exact) mass is 496 g/mol. The number of carbonyl (C=O) groups is 1. The largest absolute Gasteiger partial charge is 0.497 e. The normalized spacial score (nSPS) is 20.3. The molecule has 8 nitrogen and oxygen atoms in total. The van der Waals surface area contributed by atoms with Crippen LogP contribution in [0.15, 0.2) is 51.8 Å². The van der Waals surface area contributed by atoms with Crippen LogP contribution >= 0.6 is 0 Å². The SMILES string of the molecule is COc1cccc([C@@H](CNC(=O)c2ccc3c(c2)S(=O)(=O)N=C2CCCCCN23)N2CCCC2)c1. The molecule has 5 rings (SSSR count). The zero-order valence-corrected chi connectivity index (χ0v) is 20.9. The standard InChI is InChI=1S/C26H32N4O4S/c1-34-21-9-7-8-19(16-21)23(29-13-5-6-14-29)18-27-26(31)20-11-12-22-24(17-20)35(32,33)28-25-10-3-2-4-15-30(22)25/h7-9,11-12,16-17,23H,2-6,10,13-15,18H2,1H3,(H,27,31)/t23-/m1/s1. The number of amides is 1. The highest BCUT2D eigenvalue weighted by molar-refractivity contribution is 7.90. The molecule has 0 aliphatic carbocycles. The van der Waals surface area contributed by atoms with Crippen LogP contribution in [0.1, 0.15) is 60.5 Å². The lowest BCUT2D eigenvalue weighted by molar-refractivity contribution is 0.0937. The van der Waals surface area contributed by atoms with Gasteiger partial charge in [0, 0.05) is 25.1 Å².